The van der Waals surface area contributed by atoms with Gasteiger partial charge in [0.1, 0.15) is 5.78 Å². The molecule has 2 nitrogen and oxygen atoms in total. The van der Waals surface area contributed by atoms with Crippen LogP contribution in [0.1, 0.15) is 53.4 Å². The van der Waals surface area contributed by atoms with Gasteiger partial charge >= 0.3 is 0 Å². The molecule has 1 aliphatic carbocycles. The van der Waals surface area contributed by atoms with Crippen molar-refractivity contribution in [1.29, 1.82) is 0 Å². The van der Waals surface area contributed by atoms with E-state index in [4.69, 9.17) is 0 Å². The maximum absolute atomic E-state index is 12.0. The van der Waals surface area contributed by atoms with Crippen LogP contribution in [0.2, 0.25) is 0 Å². The van der Waals surface area contributed by atoms with Gasteiger partial charge < -0.3 is 5.32 Å². The van der Waals surface area contributed by atoms with Crippen LogP contribution in [-0.2, 0) is 4.79 Å². The number of carbonyl (C=O) groups is 1. The van der Waals surface area contributed by atoms with Crippen molar-refractivity contribution < 1.29 is 4.79 Å². The van der Waals surface area contributed by atoms with Crippen LogP contribution in [0.4, 0.5) is 0 Å². The fourth-order valence-corrected chi connectivity index (χ4v) is 2.40. The highest BCUT2D eigenvalue weighted by atomic mass is 16.1. The van der Waals surface area contributed by atoms with E-state index in [1.807, 2.05) is 0 Å². The number of carbonyl (C=O) groups excluding carboxylic acids is 1. The van der Waals surface area contributed by atoms with Crippen LogP contribution in [0, 0.1) is 17.8 Å². The van der Waals surface area contributed by atoms with Gasteiger partial charge in [-0.05, 0) is 44.4 Å². The van der Waals surface area contributed by atoms with Crippen molar-refractivity contribution >= 4 is 5.78 Å². The molecule has 16 heavy (non-hydrogen) atoms. The minimum atomic E-state index is 0.322. The maximum Gasteiger partial charge on any atom is 0.149 e. The monoisotopic (exact) mass is 225 g/mol. The molecule has 1 fully saturated rings. The summed E-state index contributed by atoms with van der Waals surface area (Å²) in [6.45, 7) is 9.45. The molecule has 2 heteroatoms. The zero-order valence-corrected chi connectivity index (χ0v) is 11.3. The van der Waals surface area contributed by atoms with Crippen molar-refractivity contribution in [3.05, 3.63) is 0 Å². The summed E-state index contributed by atoms with van der Waals surface area (Å²) in [4.78, 5) is 12.0. The van der Waals surface area contributed by atoms with Crippen LogP contribution in [0.5, 0.6) is 0 Å². The molecule has 1 N–H and O–H groups in total. The number of nitrogens with one attached hydrogen (secondary N) is 1. The van der Waals surface area contributed by atoms with Crippen LogP contribution < -0.4 is 5.32 Å². The zero-order valence-electron chi connectivity index (χ0n) is 11.3. The minimum absolute atomic E-state index is 0.322. The van der Waals surface area contributed by atoms with Crippen molar-refractivity contribution in [1.82, 2.24) is 5.32 Å². The Balaban J connectivity index is 2.32. The number of ketones is 1. The zero-order chi connectivity index (χ0) is 12.1. The first-order chi connectivity index (χ1) is 7.54. The van der Waals surface area contributed by atoms with Crippen LogP contribution in [-0.4, -0.2) is 18.4 Å². The molecule has 0 bridgehead atoms. The Morgan fingerprint density at radius 1 is 1.31 bits per heavy atom. The normalized spacial score (nSPS) is 32.4. The van der Waals surface area contributed by atoms with Gasteiger partial charge in [-0.15, -0.1) is 0 Å². The molecule has 0 saturated heterocycles. The molecule has 94 valence electrons. The van der Waals surface area contributed by atoms with E-state index in [1.54, 1.807) is 0 Å². The van der Waals surface area contributed by atoms with E-state index in [9.17, 15) is 4.79 Å². The van der Waals surface area contributed by atoms with Gasteiger partial charge in [0.2, 0.25) is 0 Å². The third-order valence-electron chi connectivity index (χ3n) is 4.29. The highest BCUT2D eigenvalue weighted by molar-refractivity contribution is 5.83. The third-order valence-corrected chi connectivity index (χ3v) is 4.29. The van der Waals surface area contributed by atoms with Gasteiger partial charge in [-0.1, -0.05) is 20.8 Å². The highest BCUT2D eigenvalue weighted by Crippen LogP contribution is 2.33. The lowest BCUT2D eigenvalue weighted by Crippen LogP contribution is -2.36. The first kappa shape index (κ1) is 13.7. The molecule has 1 aliphatic rings. The summed E-state index contributed by atoms with van der Waals surface area (Å²) in [5.41, 5.74) is 0. The Hall–Kier alpha value is -0.370. The summed E-state index contributed by atoms with van der Waals surface area (Å²) in [6, 6.07) is 0.462. The molecule has 0 radical (unpaired) electrons. The predicted molar refractivity (Wildman–Crippen MR) is 68.4 cm³/mol. The number of hydrogen-bond acceptors (Lipinski definition) is 2. The van der Waals surface area contributed by atoms with Crippen LogP contribution in [0.3, 0.4) is 0 Å². The summed E-state index contributed by atoms with van der Waals surface area (Å²) in [5.74, 6) is 2.26. The predicted octanol–water partition coefficient (Wildman–Crippen LogP) is 3.02. The molecule has 0 aromatic heterocycles. The van der Waals surface area contributed by atoms with Gasteiger partial charge in [0, 0.05) is 12.0 Å². The molecule has 1 saturated carbocycles. The number of Topliss-reactive ketones (excluding diaryl/α,β-unsaturated/α-hetero) is 1. The summed E-state index contributed by atoms with van der Waals surface area (Å²) < 4.78 is 0. The maximum atomic E-state index is 12.0. The van der Waals surface area contributed by atoms with E-state index in [0.29, 0.717) is 30.2 Å². The Morgan fingerprint density at radius 2 is 2.00 bits per heavy atom. The molecule has 1 rings (SSSR count). The Morgan fingerprint density at radius 3 is 2.56 bits per heavy atom. The molecule has 0 amide bonds. The second-order valence-electron chi connectivity index (χ2n) is 5.62. The highest BCUT2D eigenvalue weighted by Gasteiger charge is 2.28. The third kappa shape index (κ3) is 3.89. The van der Waals surface area contributed by atoms with E-state index >= 15 is 0 Å². The van der Waals surface area contributed by atoms with Gasteiger partial charge in [0.15, 0.2) is 0 Å². The standard InChI is InChI=1S/C14H27NO/c1-5-12(4)15-9-14(16)13-7-6-10(2)11(3)8-13/h10-13,15H,5-9H2,1-4H3. The second kappa shape index (κ2) is 6.39. The van der Waals surface area contributed by atoms with Crippen LogP contribution in [0.25, 0.3) is 0 Å². The van der Waals surface area contributed by atoms with E-state index in [2.05, 4.69) is 33.0 Å². The molecule has 4 atom stereocenters. The first-order valence-electron chi connectivity index (χ1n) is 6.80. The molecule has 4 unspecified atom stereocenters. The van der Waals surface area contributed by atoms with Gasteiger partial charge in [-0.25, -0.2) is 0 Å². The summed E-state index contributed by atoms with van der Waals surface area (Å²) in [5, 5.41) is 3.31. The summed E-state index contributed by atoms with van der Waals surface area (Å²) in [6.07, 6.45) is 4.51. The average molecular weight is 225 g/mol. The van der Waals surface area contributed by atoms with E-state index in [1.165, 1.54) is 6.42 Å². The van der Waals surface area contributed by atoms with Gasteiger partial charge in [-0.3, -0.25) is 4.79 Å². The van der Waals surface area contributed by atoms with Gasteiger partial charge in [0.25, 0.3) is 0 Å². The molecule has 0 aliphatic heterocycles. The van der Waals surface area contributed by atoms with Crippen molar-refractivity contribution in [2.75, 3.05) is 6.54 Å². The van der Waals surface area contributed by atoms with Crippen molar-refractivity contribution in [2.24, 2.45) is 17.8 Å². The molecular formula is C14H27NO. The lowest BCUT2D eigenvalue weighted by atomic mass is 9.74. The fourth-order valence-electron chi connectivity index (χ4n) is 2.40. The number of rotatable bonds is 5. The fraction of sp³-hybridized carbons (Fsp3) is 0.929. The molecule has 0 heterocycles. The van der Waals surface area contributed by atoms with E-state index < -0.39 is 0 Å². The smallest absolute Gasteiger partial charge is 0.149 e. The van der Waals surface area contributed by atoms with Crippen molar-refractivity contribution in [3.8, 4) is 0 Å². The van der Waals surface area contributed by atoms with E-state index in [-0.39, 0.29) is 0 Å². The average Bonchev–Trinajstić information content (AvgIpc) is 2.29. The Labute approximate surface area is 100 Å². The quantitative estimate of drug-likeness (QED) is 0.779. The number of hydrogen-bond donors (Lipinski definition) is 1. The van der Waals surface area contributed by atoms with Crippen molar-refractivity contribution in [2.45, 2.75) is 59.4 Å². The Bertz CT molecular complexity index is 227. The molecule has 0 aromatic carbocycles. The van der Waals surface area contributed by atoms with Crippen molar-refractivity contribution in [3.63, 3.8) is 0 Å². The summed E-state index contributed by atoms with van der Waals surface area (Å²) in [7, 11) is 0. The lowest BCUT2D eigenvalue weighted by molar-refractivity contribution is -0.123. The van der Waals surface area contributed by atoms with Gasteiger partial charge in [-0.2, -0.15) is 0 Å². The SMILES string of the molecule is CCC(C)NCC(=O)C1CCC(C)C(C)C1. The Kier molecular flexibility index (Phi) is 5.47. The topological polar surface area (TPSA) is 29.1 Å². The minimum Gasteiger partial charge on any atom is -0.308 e. The van der Waals surface area contributed by atoms with Crippen LogP contribution in [0.15, 0.2) is 0 Å². The summed E-state index contributed by atoms with van der Waals surface area (Å²) >= 11 is 0. The van der Waals surface area contributed by atoms with Gasteiger partial charge in [0.05, 0.1) is 6.54 Å². The van der Waals surface area contributed by atoms with E-state index in [0.717, 1.165) is 25.2 Å². The lowest BCUT2D eigenvalue weighted by Gasteiger charge is -2.31. The molecular weight excluding hydrogens is 198 g/mol. The first-order valence-corrected chi connectivity index (χ1v) is 6.80. The largest absolute Gasteiger partial charge is 0.308 e. The molecule has 0 aromatic rings. The second-order valence-corrected chi connectivity index (χ2v) is 5.62. The van der Waals surface area contributed by atoms with Crippen LogP contribution >= 0.6 is 0 Å². The molecule has 0 spiro atoms.